The summed E-state index contributed by atoms with van der Waals surface area (Å²) in [6.45, 7) is 0.315. The lowest BCUT2D eigenvalue weighted by atomic mass is 10.1. The lowest BCUT2D eigenvalue weighted by molar-refractivity contribution is 0.0725. The first-order chi connectivity index (χ1) is 14.1. The molecule has 0 fully saturated rings. The molecule has 2 aromatic heterocycles. The Morgan fingerprint density at radius 3 is 2.55 bits per heavy atom. The van der Waals surface area contributed by atoms with E-state index in [9.17, 15) is 14.0 Å². The van der Waals surface area contributed by atoms with Crippen LogP contribution in [0.25, 0.3) is 10.9 Å². The fourth-order valence-electron chi connectivity index (χ4n) is 3.07. The van der Waals surface area contributed by atoms with E-state index in [0.29, 0.717) is 22.3 Å². The Bertz CT molecular complexity index is 1210. The van der Waals surface area contributed by atoms with Crippen molar-refractivity contribution in [3.8, 4) is 0 Å². The van der Waals surface area contributed by atoms with Crippen molar-refractivity contribution in [1.82, 2.24) is 19.9 Å². The number of carbonyl (C=O) groups excluding carboxylic acids is 1. The molecule has 0 aliphatic carbocycles. The number of hydrogen-bond donors (Lipinski definition) is 1. The summed E-state index contributed by atoms with van der Waals surface area (Å²) < 4.78 is 13.2. The number of halogens is 1. The number of benzene rings is 2. The molecule has 2 aromatic carbocycles. The van der Waals surface area contributed by atoms with E-state index in [4.69, 9.17) is 0 Å². The van der Waals surface area contributed by atoms with Crippen LogP contribution in [-0.2, 0) is 13.1 Å². The van der Waals surface area contributed by atoms with Crippen molar-refractivity contribution >= 4 is 16.8 Å². The van der Waals surface area contributed by atoms with Gasteiger partial charge in [0.2, 0.25) is 0 Å². The van der Waals surface area contributed by atoms with Gasteiger partial charge in [0.25, 0.3) is 11.5 Å². The highest BCUT2D eigenvalue weighted by Gasteiger charge is 2.18. The predicted octanol–water partition coefficient (Wildman–Crippen LogP) is 3.30. The first-order valence-corrected chi connectivity index (χ1v) is 9.02. The number of aromatic nitrogens is 3. The van der Waals surface area contributed by atoms with Crippen molar-refractivity contribution in [3.05, 3.63) is 106 Å². The van der Waals surface area contributed by atoms with Crippen LogP contribution in [-0.4, -0.2) is 25.8 Å². The summed E-state index contributed by atoms with van der Waals surface area (Å²) in [6.07, 6.45) is 3.07. The smallest absolute Gasteiger partial charge is 0.258 e. The molecule has 29 heavy (non-hydrogen) atoms. The summed E-state index contributed by atoms with van der Waals surface area (Å²) in [5.74, 6) is -0.245. The van der Waals surface area contributed by atoms with Crippen LogP contribution in [0.1, 0.15) is 21.7 Å². The van der Waals surface area contributed by atoms with Gasteiger partial charge < -0.3 is 9.88 Å². The standard InChI is InChI=1S/C22H17FN4O2/c23-17-9-7-15(8-10-17)13-27(22(29)16-4-3-11-24-12-16)14-20-25-19-6-2-1-5-18(19)21(28)26-20/h1-12H,13-14H2,(H,25,26,28). The zero-order valence-electron chi connectivity index (χ0n) is 15.4. The topological polar surface area (TPSA) is 79.0 Å². The number of H-pyrrole nitrogens is 1. The maximum Gasteiger partial charge on any atom is 0.258 e. The number of amides is 1. The van der Waals surface area contributed by atoms with E-state index in [1.807, 2.05) is 0 Å². The molecular formula is C22H17FN4O2. The van der Waals surface area contributed by atoms with E-state index in [1.54, 1.807) is 54.7 Å². The summed E-state index contributed by atoms with van der Waals surface area (Å²) in [4.78, 5) is 38.2. The molecule has 0 atom stereocenters. The molecule has 144 valence electrons. The predicted molar refractivity (Wildman–Crippen MR) is 107 cm³/mol. The average molecular weight is 388 g/mol. The second kappa shape index (κ2) is 8.02. The van der Waals surface area contributed by atoms with Gasteiger partial charge in [0.05, 0.1) is 23.0 Å². The Hall–Kier alpha value is -3.87. The molecule has 0 saturated heterocycles. The molecule has 0 radical (unpaired) electrons. The van der Waals surface area contributed by atoms with Crippen LogP contribution in [0.5, 0.6) is 0 Å². The highest BCUT2D eigenvalue weighted by Crippen LogP contribution is 2.14. The molecule has 2 heterocycles. The van der Waals surface area contributed by atoms with E-state index in [2.05, 4.69) is 15.0 Å². The molecule has 7 heteroatoms. The third-order valence-corrected chi connectivity index (χ3v) is 4.48. The quantitative estimate of drug-likeness (QED) is 0.569. The van der Waals surface area contributed by atoms with Crippen LogP contribution in [0.15, 0.2) is 77.9 Å². The van der Waals surface area contributed by atoms with Gasteiger partial charge in [0.15, 0.2) is 0 Å². The van der Waals surface area contributed by atoms with Crippen LogP contribution >= 0.6 is 0 Å². The summed E-state index contributed by atoms with van der Waals surface area (Å²) in [5, 5.41) is 0.486. The number of rotatable bonds is 5. The Balaban J connectivity index is 1.69. The minimum atomic E-state index is -0.348. The Kier molecular flexibility index (Phi) is 5.11. The SMILES string of the molecule is O=C(c1cccnc1)N(Cc1ccc(F)cc1)Cc1nc2ccccc2c(=O)[nH]1. The van der Waals surface area contributed by atoms with E-state index < -0.39 is 0 Å². The maximum absolute atomic E-state index is 13.2. The fourth-order valence-corrected chi connectivity index (χ4v) is 3.07. The van der Waals surface area contributed by atoms with Gasteiger partial charge in [-0.1, -0.05) is 24.3 Å². The molecular weight excluding hydrogens is 371 g/mol. The molecule has 0 aliphatic heterocycles. The van der Waals surface area contributed by atoms with Gasteiger partial charge in [-0.05, 0) is 42.0 Å². The number of nitrogens with one attached hydrogen (secondary N) is 1. The average Bonchev–Trinajstić information content (AvgIpc) is 2.75. The number of pyridine rings is 1. The second-order valence-corrected chi connectivity index (χ2v) is 6.56. The van der Waals surface area contributed by atoms with Crippen molar-refractivity contribution in [2.24, 2.45) is 0 Å². The minimum Gasteiger partial charge on any atom is -0.327 e. The van der Waals surface area contributed by atoms with Crippen LogP contribution in [0, 0.1) is 5.82 Å². The first kappa shape index (κ1) is 18.5. The molecule has 0 saturated carbocycles. The summed E-state index contributed by atoms with van der Waals surface area (Å²) >= 11 is 0. The van der Waals surface area contributed by atoms with E-state index >= 15 is 0 Å². The molecule has 0 aliphatic rings. The number of para-hydroxylation sites is 1. The van der Waals surface area contributed by atoms with Gasteiger partial charge >= 0.3 is 0 Å². The van der Waals surface area contributed by atoms with Gasteiger partial charge in [-0.3, -0.25) is 14.6 Å². The van der Waals surface area contributed by atoms with Crippen molar-refractivity contribution in [3.63, 3.8) is 0 Å². The number of nitrogens with zero attached hydrogens (tertiary/aromatic N) is 3. The van der Waals surface area contributed by atoms with Crippen molar-refractivity contribution in [1.29, 1.82) is 0 Å². The van der Waals surface area contributed by atoms with Crippen molar-refractivity contribution in [2.45, 2.75) is 13.1 Å². The van der Waals surface area contributed by atoms with Gasteiger partial charge in [-0.15, -0.1) is 0 Å². The van der Waals surface area contributed by atoms with E-state index in [1.165, 1.54) is 23.2 Å². The van der Waals surface area contributed by atoms with Gasteiger partial charge in [-0.2, -0.15) is 0 Å². The molecule has 6 nitrogen and oxygen atoms in total. The molecule has 0 unspecified atom stereocenters. The van der Waals surface area contributed by atoms with Gasteiger partial charge in [0.1, 0.15) is 11.6 Å². The zero-order chi connectivity index (χ0) is 20.2. The number of fused-ring (bicyclic) bond motifs is 1. The minimum absolute atomic E-state index is 0.0885. The monoisotopic (exact) mass is 388 g/mol. The van der Waals surface area contributed by atoms with Crippen molar-refractivity contribution in [2.75, 3.05) is 0 Å². The fraction of sp³-hybridized carbons (Fsp3) is 0.0909. The third-order valence-electron chi connectivity index (χ3n) is 4.48. The molecule has 0 spiro atoms. The van der Waals surface area contributed by atoms with Crippen LogP contribution in [0.4, 0.5) is 4.39 Å². The summed E-state index contributed by atoms with van der Waals surface area (Å²) in [7, 11) is 0. The highest BCUT2D eigenvalue weighted by atomic mass is 19.1. The Morgan fingerprint density at radius 1 is 1.00 bits per heavy atom. The highest BCUT2D eigenvalue weighted by molar-refractivity contribution is 5.93. The normalized spacial score (nSPS) is 10.8. The Morgan fingerprint density at radius 2 is 1.79 bits per heavy atom. The van der Waals surface area contributed by atoms with Crippen molar-refractivity contribution < 1.29 is 9.18 Å². The summed E-state index contributed by atoms with van der Waals surface area (Å²) in [5.41, 5.74) is 1.47. The number of hydrogen-bond acceptors (Lipinski definition) is 4. The number of carbonyl (C=O) groups is 1. The molecule has 4 rings (SSSR count). The van der Waals surface area contributed by atoms with E-state index in [-0.39, 0.29) is 30.4 Å². The first-order valence-electron chi connectivity index (χ1n) is 9.02. The summed E-state index contributed by atoms with van der Waals surface area (Å²) in [6, 6.07) is 16.3. The van der Waals surface area contributed by atoms with Crippen LogP contribution in [0.2, 0.25) is 0 Å². The Labute approximate surface area is 165 Å². The van der Waals surface area contributed by atoms with Gasteiger partial charge in [0, 0.05) is 18.9 Å². The number of aromatic amines is 1. The lowest BCUT2D eigenvalue weighted by Gasteiger charge is -2.22. The largest absolute Gasteiger partial charge is 0.327 e. The maximum atomic E-state index is 13.2. The lowest BCUT2D eigenvalue weighted by Crippen LogP contribution is -2.31. The van der Waals surface area contributed by atoms with Gasteiger partial charge in [-0.25, -0.2) is 9.37 Å². The van der Waals surface area contributed by atoms with Crippen LogP contribution < -0.4 is 5.56 Å². The second-order valence-electron chi connectivity index (χ2n) is 6.56. The van der Waals surface area contributed by atoms with E-state index in [0.717, 1.165) is 5.56 Å². The third kappa shape index (κ3) is 4.19. The molecule has 4 aromatic rings. The molecule has 0 bridgehead atoms. The van der Waals surface area contributed by atoms with Crippen LogP contribution in [0.3, 0.4) is 0 Å². The zero-order valence-corrected chi connectivity index (χ0v) is 15.4. The molecule has 1 amide bonds. The molecule has 1 N–H and O–H groups in total.